The molecule has 2 rings (SSSR count). The van der Waals surface area contributed by atoms with Crippen molar-refractivity contribution in [1.82, 2.24) is 15.5 Å². The predicted molar refractivity (Wildman–Crippen MR) is 70.4 cm³/mol. The van der Waals surface area contributed by atoms with Gasteiger partial charge in [-0.2, -0.15) is 0 Å². The highest BCUT2D eigenvalue weighted by atomic mass is 16.5. The molecule has 0 radical (unpaired) electrons. The van der Waals surface area contributed by atoms with E-state index < -0.39 is 0 Å². The molecule has 18 heavy (non-hydrogen) atoms. The summed E-state index contributed by atoms with van der Waals surface area (Å²) in [5.74, 6) is 0.801. The molecule has 5 heteroatoms. The smallest absolute Gasteiger partial charge is 0.242 e. The van der Waals surface area contributed by atoms with E-state index in [1.54, 1.807) is 0 Å². The summed E-state index contributed by atoms with van der Waals surface area (Å²) in [7, 11) is 1.97. The summed E-state index contributed by atoms with van der Waals surface area (Å²) in [4.78, 5) is 14.5. The number of ether oxygens (including phenoxy) is 1. The number of amides is 1. The fraction of sp³-hybridized carbons (Fsp3) is 0.923. The molecule has 0 bridgehead atoms. The molecule has 2 fully saturated rings. The summed E-state index contributed by atoms with van der Waals surface area (Å²) in [5.41, 5.74) is 0. The van der Waals surface area contributed by atoms with E-state index >= 15 is 0 Å². The topological polar surface area (TPSA) is 53.6 Å². The molecule has 0 spiro atoms. The van der Waals surface area contributed by atoms with Gasteiger partial charge in [0.15, 0.2) is 0 Å². The van der Waals surface area contributed by atoms with E-state index in [1.165, 1.54) is 6.42 Å². The Hall–Kier alpha value is -0.650. The van der Waals surface area contributed by atoms with Crippen LogP contribution in [0.3, 0.4) is 0 Å². The lowest BCUT2D eigenvalue weighted by Crippen LogP contribution is -2.58. The van der Waals surface area contributed by atoms with E-state index in [2.05, 4.69) is 10.6 Å². The molecule has 104 valence electrons. The number of likely N-dealkylation sites (tertiary alicyclic amines) is 1. The van der Waals surface area contributed by atoms with Crippen LogP contribution >= 0.6 is 0 Å². The number of nitrogens with one attached hydrogen (secondary N) is 2. The van der Waals surface area contributed by atoms with Crippen molar-refractivity contribution in [3.8, 4) is 0 Å². The van der Waals surface area contributed by atoms with Crippen molar-refractivity contribution in [2.75, 3.05) is 39.8 Å². The van der Waals surface area contributed by atoms with Crippen LogP contribution in [0.15, 0.2) is 0 Å². The number of carbonyl (C=O) groups excluding carboxylic acids is 1. The SMILES string of the molecule is CNCC1CCCN(C(=O)[C@H]2NCCO[C@@H]2C)C1. The molecule has 0 aromatic rings. The van der Waals surface area contributed by atoms with E-state index in [-0.39, 0.29) is 18.1 Å². The number of hydrogen-bond acceptors (Lipinski definition) is 4. The van der Waals surface area contributed by atoms with E-state index in [1.807, 2.05) is 18.9 Å². The van der Waals surface area contributed by atoms with E-state index in [4.69, 9.17) is 4.74 Å². The molecule has 0 saturated carbocycles. The van der Waals surface area contributed by atoms with Crippen molar-refractivity contribution in [3.05, 3.63) is 0 Å². The van der Waals surface area contributed by atoms with E-state index in [9.17, 15) is 4.79 Å². The minimum absolute atomic E-state index is 0.0177. The van der Waals surface area contributed by atoms with Gasteiger partial charge in [0.1, 0.15) is 6.04 Å². The molecule has 2 heterocycles. The lowest BCUT2D eigenvalue weighted by Gasteiger charge is -2.38. The third kappa shape index (κ3) is 3.22. The van der Waals surface area contributed by atoms with Crippen LogP contribution in [0.5, 0.6) is 0 Å². The van der Waals surface area contributed by atoms with E-state index in [0.717, 1.165) is 32.6 Å². The highest BCUT2D eigenvalue weighted by Gasteiger charge is 2.33. The Labute approximate surface area is 109 Å². The average molecular weight is 255 g/mol. The zero-order valence-corrected chi connectivity index (χ0v) is 11.4. The fourth-order valence-electron chi connectivity index (χ4n) is 2.93. The molecule has 3 atom stereocenters. The van der Waals surface area contributed by atoms with Crippen LogP contribution in [-0.4, -0.2) is 62.8 Å². The highest BCUT2D eigenvalue weighted by molar-refractivity contribution is 5.82. The normalized spacial score (nSPS) is 33.4. The van der Waals surface area contributed by atoms with Crippen molar-refractivity contribution in [3.63, 3.8) is 0 Å². The minimum Gasteiger partial charge on any atom is -0.375 e. The van der Waals surface area contributed by atoms with Crippen LogP contribution in [-0.2, 0) is 9.53 Å². The van der Waals surface area contributed by atoms with Crippen molar-refractivity contribution < 1.29 is 9.53 Å². The number of piperidine rings is 1. The second-order valence-electron chi connectivity index (χ2n) is 5.36. The maximum atomic E-state index is 12.5. The Morgan fingerprint density at radius 2 is 2.39 bits per heavy atom. The van der Waals surface area contributed by atoms with Crippen molar-refractivity contribution in [2.24, 2.45) is 5.92 Å². The van der Waals surface area contributed by atoms with Crippen LogP contribution < -0.4 is 10.6 Å². The van der Waals surface area contributed by atoms with Gasteiger partial charge in [0, 0.05) is 19.6 Å². The number of nitrogens with zero attached hydrogens (tertiary/aromatic N) is 1. The molecule has 0 aliphatic carbocycles. The first-order chi connectivity index (χ1) is 8.72. The third-order valence-electron chi connectivity index (χ3n) is 3.91. The Balaban J connectivity index is 1.91. The molecule has 2 aliphatic heterocycles. The quantitative estimate of drug-likeness (QED) is 0.735. The Kier molecular flexibility index (Phi) is 4.97. The van der Waals surface area contributed by atoms with Gasteiger partial charge in [-0.3, -0.25) is 4.79 Å². The predicted octanol–water partition coefficient (Wildman–Crippen LogP) is -0.179. The molecule has 2 saturated heterocycles. The van der Waals surface area contributed by atoms with E-state index in [0.29, 0.717) is 12.5 Å². The standard InChI is InChI=1S/C13H25N3O2/c1-10-12(15-5-7-18-10)13(17)16-6-3-4-11(9-16)8-14-2/h10-12,14-15H,3-9H2,1-2H3/t10-,11?,12+/m1/s1. The van der Waals surface area contributed by atoms with Gasteiger partial charge < -0.3 is 20.3 Å². The van der Waals surface area contributed by atoms with Crippen molar-refractivity contribution in [2.45, 2.75) is 31.9 Å². The van der Waals surface area contributed by atoms with Gasteiger partial charge in [0.25, 0.3) is 0 Å². The summed E-state index contributed by atoms with van der Waals surface area (Å²) in [6.45, 7) is 6.22. The average Bonchev–Trinajstić information content (AvgIpc) is 2.39. The zero-order valence-electron chi connectivity index (χ0n) is 11.4. The second-order valence-corrected chi connectivity index (χ2v) is 5.36. The first kappa shape index (κ1) is 13.8. The number of morpholine rings is 1. The number of rotatable bonds is 3. The molecule has 2 aliphatic rings. The molecular weight excluding hydrogens is 230 g/mol. The first-order valence-electron chi connectivity index (χ1n) is 7.00. The number of hydrogen-bond donors (Lipinski definition) is 2. The lowest BCUT2D eigenvalue weighted by molar-refractivity contribution is -0.141. The molecule has 1 unspecified atom stereocenters. The van der Waals surface area contributed by atoms with Gasteiger partial charge >= 0.3 is 0 Å². The van der Waals surface area contributed by atoms with Crippen LogP contribution in [0.4, 0.5) is 0 Å². The van der Waals surface area contributed by atoms with Crippen LogP contribution in [0.2, 0.25) is 0 Å². The summed E-state index contributed by atoms with van der Waals surface area (Å²) >= 11 is 0. The summed E-state index contributed by atoms with van der Waals surface area (Å²) in [5, 5.41) is 6.49. The highest BCUT2D eigenvalue weighted by Crippen LogP contribution is 2.18. The fourth-order valence-corrected chi connectivity index (χ4v) is 2.93. The molecule has 1 amide bonds. The molecule has 0 aromatic heterocycles. The van der Waals surface area contributed by atoms with Crippen LogP contribution in [0, 0.1) is 5.92 Å². The largest absolute Gasteiger partial charge is 0.375 e. The van der Waals surface area contributed by atoms with Gasteiger partial charge in [-0.15, -0.1) is 0 Å². The van der Waals surface area contributed by atoms with Gasteiger partial charge in [0.05, 0.1) is 12.7 Å². The van der Waals surface area contributed by atoms with Gasteiger partial charge in [-0.1, -0.05) is 0 Å². The molecule has 0 aromatic carbocycles. The Morgan fingerprint density at radius 3 is 3.11 bits per heavy atom. The summed E-state index contributed by atoms with van der Waals surface area (Å²) in [6.07, 6.45) is 2.31. The van der Waals surface area contributed by atoms with Crippen LogP contribution in [0.1, 0.15) is 19.8 Å². The second kappa shape index (κ2) is 6.50. The lowest BCUT2D eigenvalue weighted by atomic mass is 9.97. The maximum absolute atomic E-state index is 12.5. The van der Waals surface area contributed by atoms with Gasteiger partial charge in [-0.05, 0) is 39.3 Å². The van der Waals surface area contributed by atoms with Crippen LogP contribution in [0.25, 0.3) is 0 Å². The summed E-state index contributed by atoms with van der Waals surface area (Å²) < 4.78 is 5.55. The molecule has 5 nitrogen and oxygen atoms in total. The van der Waals surface area contributed by atoms with Gasteiger partial charge in [0.2, 0.25) is 5.91 Å². The first-order valence-corrected chi connectivity index (χ1v) is 7.00. The van der Waals surface area contributed by atoms with Crippen molar-refractivity contribution >= 4 is 5.91 Å². The molecular formula is C13H25N3O2. The number of carbonyl (C=O) groups is 1. The van der Waals surface area contributed by atoms with Gasteiger partial charge in [-0.25, -0.2) is 0 Å². The zero-order chi connectivity index (χ0) is 13.0. The Morgan fingerprint density at radius 1 is 1.56 bits per heavy atom. The third-order valence-corrected chi connectivity index (χ3v) is 3.91. The van der Waals surface area contributed by atoms with Crippen molar-refractivity contribution in [1.29, 1.82) is 0 Å². The monoisotopic (exact) mass is 255 g/mol. The summed E-state index contributed by atoms with van der Waals surface area (Å²) in [6, 6.07) is -0.160. The molecule has 2 N–H and O–H groups in total. The Bertz CT molecular complexity index is 283. The minimum atomic E-state index is -0.160. The maximum Gasteiger partial charge on any atom is 0.242 e.